The zero-order valence-electron chi connectivity index (χ0n) is 16.5. The molecule has 3 rings (SSSR count). The lowest BCUT2D eigenvalue weighted by Crippen LogP contribution is -2.28. The molecular weight excluding hydrogens is 386 g/mol. The minimum Gasteiger partial charge on any atom is -0.493 e. The third kappa shape index (κ3) is 4.94. The predicted octanol–water partition coefficient (Wildman–Crippen LogP) is 3.71. The van der Waals surface area contributed by atoms with Crippen molar-refractivity contribution in [2.24, 2.45) is 0 Å². The molecule has 2 aromatic carbocycles. The van der Waals surface area contributed by atoms with E-state index < -0.39 is 4.92 Å². The normalized spacial score (nSPS) is 13.6. The maximum absolute atomic E-state index is 12.5. The third-order valence-corrected chi connectivity index (χ3v) is 4.78. The number of hydrogen-bond donors (Lipinski definition) is 0. The standard InChI is InChI=1S/C22H21N3O5/c1-29-21-13-17(12-18(14-23)22(26)24-10-2-3-11-24)6-9-20(21)30-15-16-4-7-19(8-5-16)25(27)28/h4-9,12-13H,2-3,10-11,15H2,1H3/b18-12+. The van der Waals surface area contributed by atoms with Gasteiger partial charge in [0.1, 0.15) is 18.2 Å². The summed E-state index contributed by atoms with van der Waals surface area (Å²) in [6.45, 7) is 1.56. The van der Waals surface area contributed by atoms with Gasteiger partial charge in [0.25, 0.3) is 11.6 Å². The van der Waals surface area contributed by atoms with E-state index in [-0.39, 0.29) is 23.8 Å². The highest BCUT2D eigenvalue weighted by molar-refractivity contribution is 6.01. The summed E-state index contributed by atoms with van der Waals surface area (Å²) < 4.78 is 11.2. The molecule has 1 heterocycles. The van der Waals surface area contributed by atoms with Crippen LogP contribution >= 0.6 is 0 Å². The number of hydrogen-bond acceptors (Lipinski definition) is 6. The number of non-ortho nitro benzene ring substituents is 1. The second-order valence-corrected chi connectivity index (χ2v) is 6.79. The first kappa shape index (κ1) is 20.9. The molecule has 0 bridgehead atoms. The number of nitro groups is 1. The van der Waals surface area contributed by atoms with E-state index >= 15 is 0 Å². The van der Waals surface area contributed by atoms with Crippen molar-refractivity contribution in [1.29, 1.82) is 5.26 Å². The van der Waals surface area contributed by atoms with Crippen molar-refractivity contribution in [3.05, 3.63) is 69.3 Å². The van der Waals surface area contributed by atoms with Crippen LogP contribution in [0.4, 0.5) is 5.69 Å². The van der Waals surface area contributed by atoms with Gasteiger partial charge in [-0.3, -0.25) is 14.9 Å². The Hall–Kier alpha value is -3.86. The van der Waals surface area contributed by atoms with E-state index in [9.17, 15) is 20.2 Å². The van der Waals surface area contributed by atoms with Crippen LogP contribution in [0.25, 0.3) is 6.08 Å². The van der Waals surface area contributed by atoms with Crippen LogP contribution < -0.4 is 9.47 Å². The van der Waals surface area contributed by atoms with Crippen LogP contribution in [-0.2, 0) is 11.4 Å². The highest BCUT2D eigenvalue weighted by Gasteiger charge is 2.21. The predicted molar refractivity (Wildman–Crippen MR) is 110 cm³/mol. The average Bonchev–Trinajstić information content (AvgIpc) is 3.31. The summed E-state index contributed by atoms with van der Waals surface area (Å²) in [6, 6.07) is 13.2. The van der Waals surface area contributed by atoms with Gasteiger partial charge in [-0.2, -0.15) is 5.26 Å². The zero-order chi connectivity index (χ0) is 21.5. The molecule has 0 radical (unpaired) electrons. The van der Waals surface area contributed by atoms with Gasteiger partial charge in [-0.25, -0.2) is 0 Å². The Bertz CT molecular complexity index is 1000. The number of carbonyl (C=O) groups excluding carboxylic acids is 1. The first-order valence-electron chi connectivity index (χ1n) is 9.47. The second-order valence-electron chi connectivity index (χ2n) is 6.79. The number of benzene rings is 2. The number of nitro benzene ring substituents is 1. The molecule has 1 fully saturated rings. The fraction of sp³-hybridized carbons (Fsp3) is 0.273. The molecule has 1 aliphatic heterocycles. The molecule has 0 spiro atoms. The fourth-order valence-electron chi connectivity index (χ4n) is 3.17. The van der Waals surface area contributed by atoms with Crippen molar-refractivity contribution in [2.75, 3.05) is 20.2 Å². The van der Waals surface area contributed by atoms with E-state index in [2.05, 4.69) is 0 Å². The summed E-state index contributed by atoms with van der Waals surface area (Å²) in [5.41, 5.74) is 1.52. The van der Waals surface area contributed by atoms with E-state index in [0.717, 1.165) is 18.4 Å². The minimum absolute atomic E-state index is 0.0178. The molecule has 0 aromatic heterocycles. The lowest BCUT2D eigenvalue weighted by molar-refractivity contribution is -0.384. The summed E-state index contributed by atoms with van der Waals surface area (Å²) in [4.78, 5) is 24.4. The number of nitriles is 1. The van der Waals surface area contributed by atoms with Crippen LogP contribution in [0.15, 0.2) is 48.0 Å². The monoisotopic (exact) mass is 407 g/mol. The van der Waals surface area contributed by atoms with Crippen LogP contribution in [0.2, 0.25) is 0 Å². The Morgan fingerprint density at radius 3 is 2.50 bits per heavy atom. The number of rotatable bonds is 7. The van der Waals surface area contributed by atoms with Crippen LogP contribution in [0.3, 0.4) is 0 Å². The van der Waals surface area contributed by atoms with Gasteiger partial charge in [-0.15, -0.1) is 0 Å². The van der Waals surface area contributed by atoms with E-state index in [4.69, 9.17) is 9.47 Å². The molecule has 1 amide bonds. The minimum atomic E-state index is -0.454. The average molecular weight is 407 g/mol. The van der Waals surface area contributed by atoms with Crippen molar-refractivity contribution in [1.82, 2.24) is 4.90 Å². The van der Waals surface area contributed by atoms with Gasteiger partial charge >= 0.3 is 0 Å². The van der Waals surface area contributed by atoms with Gasteiger partial charge in [0.15, 0.2) is 11.5 Å². The Morgan fingerprint density at radius 1 is 1.20 bits per heavy atom. The first-order chi connectivity index (χ1) is 14.5. The van der Waals surface area contributed by atoms with Gasteiger partial charge in [0.2, 0.25) is 0 Å². The highest BCUT2D eigenvalue weighted by Crippen LogP contribution is 2.30. The lowest BCUT2D eigenvalue weighted by Gasteiger charge is -2.14. The number of likely N-dealkylation sites (tertiary alicyclic amines) is 1. The highest BCUT2D eigenvalue weighted by atomic mass is 16.6. The van der Waals surface area contributed by atoms with Gasteiger partial charge in [-0.05, 0) is 54.3 Å². The first-order valence-corrected chi connectivity index (χ1v) is 9.47. The largest absolute Gasteiger partial charge is 0.493 e. The quantitative estimate of drug-likeness (QED) is 0.300. The van der Waals surface area contributed by atoms with Gasteiger partial charge in [0.05, 0.1) is 12.0 Å². The van der Waals surface area contributed by atoms with E-state index in [1.165, 1.54) is 19.2 Å². The summed E-state index contributed by atoms with van der Waals surface area (Å²) >= 11 is 0. The molecule has 2 aromatic rings. The zero-order valence-corrected chi connectivity index (χ0v) is 16.5. The SMILES string of the molecule is COc1cc(/C=C(\C#N)C(=O)N2CCCC2)ccc1OCc1ccc([N+](=O)[O-])cc1. The van der Waals surface area contributed by atoms with Crippen molar-refractivity contribution in [2.45, 2.75) is 19.4 Å². The maximum Gasteiger partial charge on any atom is 0.269 e. The second kappa shape index (κ2) is 9.56. The van der Waals surface area contributed by atoms with Crippen molar-refractivity contribution >= 4 is 17.7 Å². The van der Waals surface area contributed by atoms with Crippen molar-refractivity contribution in [3.8, 4) is 17.6 Å². The summed E-state index contributed by atoms with van der Waals surface area (Å²) in [7, 11) is 1.50. The maximum atomic E-state index is 12.5. The smallest absolute Gasteiger partial charge is 0.269 e. The molecular formula is C22H21N3O5. The molecule has 0 atom stereocenters. The number of nitrogens with zero attached hydrogens (tertiary/aromatic N) is 3. The topological polar surface area (TPSA) is 106 Å². The van der Waals surface area contributed by atoms with Crippen LogP contribution in [0.5, 0.6) is 11.5 Å². The molecule has 1 saturated heterocycles. The summed E-state index contributed by atoms with van der Waals surface area (Å²) in [5.74, 6) is 0.682. The molecule has 154 valence electrons. The van der Waals surface area contributed by atoms with Crippen molar-refractivity contribution in [3.63, 3.8) is 0 Å². The molecule has 0 saturated carbocycles. The van der Waals surface area contributed by atoms with Gasteiger partial charge in [0, 0.05) is 25.2 Å². The molecule has 8 nitrogen and oxygen atoms in total. The number of carbonyl (C=O) groups is 1. The molecule has 1 aliphatic rings. The van der Waals surface area contributed by atoms with Crippen LogP contribution in [0.1, 0.15) is 24.0 Å². The Labute approximate surface area is 174 Å². The number of ether oxygens (including phenoxy) is 2. The van der Waals surface area contributed by atoms with Gasteiger partial charge < -0.3 is 14.4 Å². The Kier molecular flexibility index (Phi) is 6.65. The number of amides is 1. The lowest BCUT2D eigenvalue weighted by atomic mass is 10.1. The summed E-state index contributed by atoms with van der Waals surface area (Å²) in [6.07, 6.45) is 3.46. The Balaban J connectivity index is 1.73. The van der Waals surface area contributed by atoms with Crippen LogP contribution in [-0.4, -0.2) is 35.9 Å². The molecule has 0 N–H and O–H groups in total. The van der Waals surface area contributed by atoms with Crippen LogP contribution in [0, 0.1) is 21.4 Å². The number of methoxy groups -OCH3 is 1. The molecule has 30 heavy (non-hydrogen) atoms. The molecule has 0 aliphatic carbocycles. The fourth-order valence-corrected chi connectivity index (χ4v) is 3.17. The van der Waals surface area contributed by atoms with E-state index in [1.807, 2.05) is 6.07 Å². The van der Waals surface area contributed by atoms with Gasteiger partial charge in [-0.1, -0.05) is 6.07 Å². The van der Waals surface area contributed by atoms with Crippen molar-refractivity contribution < 1.29 is 19.2 Å². The Morgan fingerprint density at radius 2 is 1.90 bits per heavy atom. The van der Waals surface area contributed by atoms with E-state index in [0.29, 0.717) is 30.2 Å². The molecule has 0 unspecified atom stereocenters. The summed E-state index contributed by atoms with van der Waals surface area (Å²) in [5, 5.41) is 20.1. The third-order valence-electron chi connectivity index (χ3n) is 4.78. The molecule has 8 heteroatoms. The van der Waals surface area contributed by atoms with E-state index in [1.54, 1.807) is 41.3 Å².